The molecule has 5 heteroatoms. The van der Waals surface area contributed by atoms with Gasteiger partial charge in [0.25, 0.3) is 0 Å². The molecule has 2 aromatic carbocycles. The van der Waals surface area contributed by atoms with Crippen LogP contribution in [0.2, 0.25) is 0 Å². The zero-order chi connectivity index (χ0) is 22.9. The lowest BCUT2D eigenvalue weighted by atomic mass is 9.92. The van der Waals surface area contributed by atoms with Gasteiger partial charge >= 0.3 is 5.97 Å². The number of carboxylic acid groups (broad SMARTS) is 1. The molecule has 0 bridgehead atoms. The van der Waals surface area contributed by atoms with Crippen molar-refractivity contribution >= 4 is 11.7 Å². The van der Waals surface area contributed by atoms with Crippen LogP contribution in [0, 0.1) is 13.8 Å². The van der Waals surface area contributed by atoms with Crippen molar-refractivity contribution in [2.75, 3.05) is 0 Å². The van der Waals surface area contributed by atoms with E-state index in [-0.39, 0.29) is 6.42 Å². The first-order valence-electron chi connectivity index (χ1n) is 11.0. The van der Waals surface area contributed by atoms with Crippen LogP contribution < -0.4 is 0 Å². The topological polar surface area (TPSA) is 82.8 Å². The van der Waals surface area contributed by atoms with Gasteiger partial charge in [-0.15, -0.1) is 0 Å². The average Bonchev–Trinajstić information content (AvgIpc) is 2.79. The Labute approximate surface area is 189 Å². The van der Waals surface area contributed by atoms with Crippen LogP contribution in [0.4, 0.5) is 0 Å². The van der Waals surface area contributed by atoms with E-state index < -0.39 is 5.97 Å². The summed E-state index contributed by atoms with van der Waals surface area (Å²) in [7, 11) is 0. The quantitative estimate of drug-likeness (QED) is 0.180. The molecule has 32 heavy (non-hydrogen) atoms. The first-order chi connectivity index (χ1) is 15.5. The maximum Gasteiger partial charge on any atom is 0.303 e. The Morgan fingerprint density at radius 1 is 0.938 bits per heavy atom. The van der Waals surface area contributed by atoms with Crippen molar-refractivity contribution < 1.29 is 15.1 Å². The first-order valence-corrected chi connectivity index (χ1v) is 11.0. The van der Waals surface area contributed by atoms with Crippen LogP contribution in [0.15, 0.2) is 65.9 Å². The Morgan fingerprint density at radius 3 is 2.31 bits per heavy atom. The monoisotopic (exact) mass is 430 g/mol. The van der Waals surface area contributed by atoms with Crippen LogP contribution >= 0.6 is 0 Å². The minimum Gasteiger partial charge on any atom is -0.481 e. The number of hydrogen-bond donors (Lipinski definition) is 2. The number of aryl methyl sites for hydroxylation is 3. The summed E-state index contributed by atoms with van der Waals surface area (Å²) < 4.78 is 0. The standard InChI is InChI=1S/C27H30N2O3/c1-19-18-23(16-17-28-19)24-7-5-8-25(20(24)2)26(29-32)15-14-22-12-10-21(11-13-22)6-3-4-9-27(30)31/h5,7-8,10-13,16-18,32H,3-4,6,9,14-15H2,1-2H3,(H,30,31)/b29-26-. The Balaban J connectivity index is 1.65. The van der Waals surface area contributed by atoms with Gasteiger partial charge in [-0.2, -0.15) is 0 Å². The largest absolute Gasteiger partial charge is 0.481 e. The zero-order valence-corrected chi connectivity index (χ0v) is 18.7. The normalized spacial score (nSPS) is 11.5. The second-order valence-corrected chi connectivity index (χ2v) is 8.13. The lowest BCUT2D eigenvalue weighted by molar-refractivity contribution is -0.137. The molecule has 2 N–H and O–H groups in total. The number of nitrogens with zero attached hydrogens (tertiary/aromatic N) is 2. The number of carboxylic acids is 1. The molecule has 3 aromatic rings. The maximum atomic E-state index is 10.6. The summed E-state index contributed by atoms with van der Waals surface area (Å²) in [6.07, 6.45) is 5.91. The second-order valence-electron chi connectivity index (χ2n) is 8.13. The van der Waals surface area contributed by atoms with Crippen LogP contribution in [0.3, 0.4) is 0 Å². The third kappa shape index (κ3) is 6.27. The summed E-state index contributed by atoms with van der Waals surface area (Å²) in [4.78, 5) is 14.9. The van der Waals surface area contributed by atoms with Crippen molar-refractivity contribution in [3.63, 3.8) is 0 Å². The molecular weight excluding hydrogens is 400 g/mol. The summed E-state index contributed by atoms with van der Waals surface area (Å²) in [6, 6.07) is 18.5. The zero-order valence-electron chi connectivity index (χ0n) is 18.7. The van der Waals surface area contributed by atoms with Gasteiger partial charge in [0.2, 0.25) is 0 Å². The van der Waals surface area contributed by atoms with E-state index in [1.54, 1.807) is 0 Å². The van der Waals surface area contributed by atoms with Crippen molar-refractivity contribution in [2.45, 2.75) is 52.4 Å². The molecule has 0 amide bonds. The minimum atomic E-state index is -0.738. The van der Waals surface area contributed by atoms with Gasteiger partial charge in [0.15, 0.2) is 0 Å². The van der Waals surface area contributed by atoms with E-state index in [1.807, 2.05) is 31.3 Å². The van der Waals surface area contributed by atoms with Crippen molar-refractivity contribution in [1.29, 1.82) is 0 Å². The van der Waals surface area contributed by atoms with Gasteiger partial charge in [-0.25, -0.2) is 0 Å². The predicted molar refractivity (Wildman–Crippen MR) is 127 cm³/mol. The number of aromatic nitrogens is 1. The molecule has 0 aliphatic rings. The van der Waals surface area contributed by atoms with E-state index in [2.05, 4.69) is 53.5 Å². The highest BCUT2D eigenvalue weighted by atomic mass is 16.4. The molecular formula is C27H30N2O3. The summed E-state index contributed by atoms with van der Waals surface area (Å²) in [5.41, 5.74) is 8.29. The Hall–Kier alpha value is -3.47. The van der Waals surface area contributed by atoms with Crippen LogP contribution in [0.25, 0.3) is 11.1 Å². The molecule has 0 aliphatic carbocycles. The van der Waals surface area contributed by atoms with Crippen molar-refractivity contribution in [1.82, 2.24) is 4.98 Å². The number of oxime groups is 1. The number of hydrogen-bond acceptors (Lipinski definition) is 4. The molecule has 0 saturated carbocycles. The molecule has 0 saturated heterocycles. The third-order valence-corrected chi connectivity index (χ3v) is 5.75. The van der Waals surface area contributed by atoms with E-state index in [1.165, 1.54) is 11.1 Å². The molecule has 166 valence electrons. The molecule has 0 aliphatic heterocycles. The molecule has 5 nitrogen and oxygen atoms in total. The Bertz CT molecular complexity index is 1090. The number of unbranched alkanes of at least 4 members (excludes halogenated alkanes) is 1. The van der Waals surface area contributed by atoms with E-state index in [4.69, 9.17) is 5.11 Å². The van der Waals surface area contributed by atoms with Gasteiger partial charge in [-0.05, 0) is 85.9 Å². The molecule has 1 aromatic heterocycles. The van der Waals surface area contributed by atoms with Crippen molar-refractivity contribution in [3.05, 3.63) is 88.7 Å². The number of carbonyl (C=O) groups is 1. The number of aliphatic carboxylic acids is 1. The lowest BCUT2D eigenvalue weighted by Gasteiger charge is -2.13. The van der Waals surface area contributed by atoms with Gasteiger partial charge < -0.3 is 10.3 Å². The van der Waals surface area contributed by atoms with Gasteiger partial charge in [-0.3, -0.25) is 9.78 Å². The first kappa shape index (κ1) is 23.2. The third-order valence-electron chi connectivity index (χ3n) is 5.75. The van der Waals surface area contributed by atoms with Crippen LogP contribution in [0.1, 0.15) is 53.6 Å². The molecule has 0 radical (unpaired) electrons. The highest BCUT2D eigenvalue weighted by Gasteiger charge is 2.12. The summed E-state index contributed by atoms with van der Waals surface area (Å²) in [5, 5.41) is 22.1. The van der Waals surface area contributed by atoms with Crippen molar-refractivity contribution in [2.24, 2.45) is 5.16 Å². The fraction of sp³-hybridized carbons (Fsp3) is 0.296. The van der Waals surface area contributed by atoms with Crippen LogP contribution in [-0.4, -0.2) is 27.0 Å². The summed E-state index contributed by atoms with van der Waals surface area (Å²) in [6.45, 7) is 4.04. The number of rotatable bonds is 10. The van der Waals surface area contributed by atoms with E-state index in [9.17, 15) is 10.0 Å². The molecule has 1 heterocycles. The highest BCUT2D eigenvalue weighted by Crippen LogP contribution is 2.27. The van der Waals surface area contributed by atoms with E-state index in [0.29, 0.717) is 18.6 Å². The number of pyridine rings is 1. The summed E-state index contributed by atoms with van der Waals surface area (Å²) >= 11 is 0. The van der Waals surface area contributed by atoms with Gasteiger partial charge in [0, 0.05) is 23.9 Å². The minimum absolute atomic E-state index is 0.225. The highest BCUT2D eigenvalue weighted by molar-refractivity contribution is 6.02. The fourth-order valence-corrected chi connectivity index (χ4v) is 3.95. The Morgan fingerprint density at radius 2 is 1.66 bits per heavy atom. The molecule has 0 atom stereocenters. The second kappa shape index (κ2) is 11.2. The number of benzene rings is 2. The van der Waals surface area contributed by atoms with Crippen LogP contribution in [0.5, 0.6) is 0 Å². The molecule has 3 rings (SSSR count). The van der Waals surface area contributed by atoms with Crippen molar-refractivity contribution in [3.8, 4) is 11.1 Å². The van der Waals surface area contributed by atoms with Gasteiger partial charge in [-0.1, -0.05) is 47.6 Å². The fourth-order valence-electron chi connectivity index (χ4n) is 3.95. The van der Waals surface area contributed by atoms with Gasteiger partial charge in [0.05, 0.1) is 5.71 Å². The van der Waals surface area contributed by atoms with E-state index >= 15 is 0 Å². The summed E-state index contributed by atoms with van der Waals surface area (Å²) in [5.74, 6) is -0.738. The van der Waals surface area contributed by atoms with Gasteiger partial charge in [0.1, 0.15) is 0 Å². The lowest BCUT2D eigenvalue weighted by Crippen LogP contribution is -2.06. The molecule has 0 unspecified atom stereocenters. The smallest absolute Gasteiger partial charge is 0.303 e. The predicted octanol–water partition coefficient (Wildman–Crippen LogP) is 5.97. The molecule has 0 fully saturated rings. The van der Waals surface area contributed by atoms with Crippen LogP contribution in [-0.2, 0) is 17.6 Å². The maximum absolute atomic E-state index is 10.6. The van der Waals surface area contributed by atoms with E-state index in [0.717, 1.165) is 47.2 Å². The SMILES string of the molecule is Cc1cc(-c2cccc(/C(CCc3ccc(CCCCC(=O)O)cc3)=N\O)c2C)ccn1. The average molecular weight is 431 g/mol. The Kier molecular flexibility index (Phi) is 8.14. The molecule has 0 spiro atoms.